The molecule has 8 heteroatoms. The third-order valence-corrected chi connectivity index (χ3v) is 6.54. The molecule has 2 heterocycles. The van der Waals surface area contributed by atoms with Gasteiger partial charge in [0.15, 0.2) is 0 Å². The van der Waals surface area contributed by atoms with Gasteiger partial charge in [-0.25, -0.2) is 4.79 Å². The van der Waals surface area contributed by atoms with Crippen molar-refractivity contribution < 1.29 is 19.2 Å². The van der Waals surface area contributed by atoms with Crippen LogP contribution in [0.5, 0.6) is 5.75 Å². The van der Waals surface area contributed by atoms with E-state index in [1.165, 1.54) is 4.90 Å². The monoisotopic (exact) mass is 476 g/mol. The Hall–Kier alpha value is -3.49. The number of nitrogens with zero attached hydrogens (tertiary/aromatic N) is 2. The lowest BCUT2D eigenvalue weighted by Crippen LogP contribution is -2.51. The molecule has 184 valence electrons. The second-order valence-electron chi connectivity index (χ2n) is 9.56. The minimum atomic E-state index is -1.22. The van der Waals surface area contributed by atoms with Crippen LogP contribution >= 0.6 is 0 Å². The number of aryl methyl sites for hydroxylation is 1. The van der Waals surface area contributed by atoms with Crippen molar-refractivity contribution in [2.75, 3.05) is 6.54 Å². The van der Waals surface area contributed by atoms with Crippen LogP contribution in [0.25, 0.3) is 10.9 Å². The van der Waals surface area contributed by atoms with Gasteiger partial charge in [0.05, 0.1) is 5.52 Å². The summed E-state index contributed by atoms with van der Waals surface area (Å²) in [6, 6.07) is 16.5. The van der Waals surface area contributed by atoms with Crippen molar-refractivity contribution in [2.24, 2.45) is 17.5 Å². The van der Waals surface area contributed by atoms with Crippen molar-refractivity contribution in [2.45, 2.75) is 51.8 Å². The van der Waals surface area contributed by atoms with Crippen LogP contribution in [0.3, 0.4) is 0 Å². The number of aromatic nitrogens is 1. The molecule has 0 aliphatic carbocycles. The Morgan fingerprint density at radius 3 is 2.57 bits per heavy atom. The standard InChI is InChI=1S/C27H32N4O4/c1-17(2)14-24(25(32)35-29)31-13-12-27(28,26(31)33)20-8-10-21(11-9-20)34-16-19-15-18(3)30-23-7-5-4-6-22(19)23/h4-11,15,17,24H,12-14,16,28-29H2,1-3H3/t24-,27-/m1/s1. The number of ether oxygens (including phenoxy) is 1. The van der Waals surface area contributed by atoms with Crippen molar-refractivity contribution in [3.8, 4) is 5.75 Å². The maximum Gasteiger partial charge on any atom is 0.347 e. The molecule has 0 spiro atoms. The quantitative estimate of drug-likeness (QED) is 0.478. The molecular formula is C27H32N4O4. The number of amides is 1. The topological polar surface area (TPSA) is 121 Å². The van der Waals surface area contributed by atoms with Crippen LogP contribution in [-0.4, -0.2) is 34.3 Å². The fourth-order valence-electron chi connectivity index (χ4n) is 4.73. The number of hydrogen-bond acceptors (Lipinski definition) is 7. The van der Waals surface area contributed by atoms with Crippen LogP contribution in [0.2, 0.25) is 0 Å². The van der Waals surface area contributed by atoms with Crippen molar-refractivity contribution in [3.63, 3.8) is 0 Å². The lowest BCUT2D eigenvalue weighted by atomic mass is 9.89. The van der Waals surface area contributed by atoms with Crippen molar-refractivity contribution in [3.05, 3.63) is 71.4 Å². The molecule has 0 radical (unpaired) electrons. The molecule has 0 saturated carbocycles. The smallest absolute Gasteiger partial charge is 0.347 e. The zero-order valence-corrected chi connectivity index (χ0v) is 20.4. The van der Waals surface area contributed by atoms with Gasteiger partial charge in [-0.15, -0.1) is 0 Å². The highest BCUT2D eigenvalue weighted by molar-refractivity contribution is 5.93. The average Bonchev–Trinajstić information content (AvgIpc) is 3.15. The van der Waals surface area contributed by atoms with E-state index in [1.54, 1.807) is 0 Å². The Bertz CT molecular complexity index is 1230. The van der Waals surface area contributed by atoms with Crippen LogP contribution in [-0.2, 0) is 26.6 Å². The van der Waals surface area contributed by atoms with Gasteiger partial charge in [-0.1, -0.05) is 44.2 Å². The molecule has 0 bridgehead atoms. The maximum absolute atomic E-state index is 13.3. The highest BCUT2D eigenvalue weighted by Crippen LogP contribution is 2.34. The summed E-state index contributed by atoms with van der Waals surface area (Å²) in [5.41, 5.74) is 8.97. The molecule has 1 aliphatic heterocycles. The Balaban J connectivity index is 1.49. The fraction of sp³-hybridized carbons (Fsp3) is 0.370. The van der Waals surface area contributed by atoms with E-state index in [0.717, 1.165) is 22.2 Å². The van der Waals surface area contributed by atoms with Gasteiger partial charge in [0, 0.05) is 23.2 Å². The summed E-state index contributed by atoms with van der Waals surface area (Å²) in [6.45, 7) is 6.66. The van der Waals surface area contributed by atoms with E-state index in [0.29, 0.717) is 37.3 Å². The van der Waals surface area contributed by atoms with E-state index in [-0.39, 0.29) is 11.8 Å². The molecule has 1 amide bonds. The number of pyridine rings is 1. The molecule has 8 nitrogen and oxygen atoms in total. The number of fused-ring (bicyclic) bond motifs is 1. The first-order chi connectivity index (χ1) is 16.7. The Morgan fingerprint density at radius 1 is 1.17 bits per heavy atom. The maximum atomic E-state index is 13.3. The minimum absolute atomic E-state index is 0.178. The van der Waals surface area contributed by atoms with E-state index in [1.807, 2.05) is 75.4 Å². The van der Waals surface area contributed by atoms with Gasteiger partial charge >= 0.3 is 5.97 Å². The summed E-state index contributed by atoms with van der Waals surface area (Å²) in [5.74, 6) is 5.05. The molecule has 1 fully saturated rings. The van der Waals surface area contributed by atoms with Gasteiger partial charge in [0.2, 0.25) is 5.91 Å². The summed E-state index contributed by atoms with van der Waals surface area (Å²) in [6.07, 6.45) is 0.842. The number of para-hydroxylation sites is 1. The normalized spacial score (nSPS) is 18.8. The molecular weight excluding hydrogens is 444 g/mol. The zero-order chi connectivity index (χ0) is 25.2. The summed E-state index contributed by atoms with van der Waals surface area (Å²) in [4.78, 5) is 36.1. The molecule has 35 heavy (non-hydrogen) atoms. The molecule has 2 aromatic carbocycles. The first-order valence-corrected chi connectivity index (χ1v) is 11.8. The van der Waals surface area contributed by atoms with E-state index in [4.69, 9.17) is 16.4 Å². The van der Waals surface area contributed by atoms with Crippen LogP contribution in [0.15, 0.2) is 54.6 Å². The number of rotatable bonds is 8. The van der Waals surface area contributed by atoms with E-state index < -0.39 is 17.6 Å². The molecule has 1 aliphatic rings. The summed E-state index contributed by atoms with van der Waals surface area (Å²) in [7, 11) is 0. The molecule has 2 atom stereocenters. The zero-order valence-electron chi connectivity index (χ0n) is 20.4. The van der Waals surface area contributed by atoms with Crippen molar-refractivity contribution in [1.29, 1.82) is 0 Å². The third kappa shape index (κ3) is 4.99. The van der Waals surface area contributed by atoms with Crippen molar-refractivity contribution in [1.82, 2.24) is 9.88 Å². The van der Waals surface area contributed by atoms with Gasteiger partial charge in [0.1, 0.15) is 23.9 Å². The second-order valence-corrected chi connectivity index (χ2v) is 9.56. The number of carbonyl (C=O) groups is 2. The number of carbonyl (C=O) groups excluding carboxylic acids is 2. The molecule has 1 saturated heterocycles. The highest BCUT2D eigenvalue weighted by atomic mass is 16.7. The molecule has 3 aromatic rings. The number of hydrogen-bond donors (Lipinski definition) is 2. The van der Waals surface area contributed by atoms with E-state index in [9.17, 15) is 9.59 Å². The van der Waals surface area contributed by atoms with Gasteiger partial charge in [-0.05, 0) is 55.5 Å². The molecule has 0 unspecified atom stereocenters. The number of nitrogens with two attached hydrogens (primary N) is 2. The lowest BCUT2D eigenvalue weighted by Gasteiger charge is -2.29. The largest absolute Gasteiger partial charge is 0.489 e. The van der Waals surface area contributed by atoms with Crippen LogP contribution < -0.4 is 16.4 Å². The second kappa shape index (κ2) is 10.0. The summed E-state index contributed by atoms with van der Waals surface area (Å²) < 4.78 is 6.04. The Kier molecular flexibility index (Phi) is 7.05. The third-order valence-electron chi connectivity index (χ3n) is 6.54. The molecule has 1 aromatic heterocycles. The van der Waals surface area contributed by atoms with Crippen LogP contribution in [0, 0.1) is 12.8 Å². The van der Waals surface area contributed by atoms with Crippen LogP contribution in [0.4, 0.5) is 0 Å². The minimum Gasteiger partial charge on any atom is -0.489 e. The summed E-state index contributed by atoms with van der Waals surface area (Å²) in [5, 5.41) is 1.05. The fourth-order valence-corrected chi connectivity index (χ4v) is 4.73. The summed E-state index contributed by atoms with van der Waals surface area (Å²) >= 11 is 0. The van der Waals surface area contributed by atoms with Gasteiger partial charge in [-0.3, -0.25) is 9.78 Å². The van der Waals surface area contributed by atoms with Gasteiger partial charge < -0.3 is 20.2 Å². The predicted molar refractivity (Wildman–Crippen MR) is 133 cm³/mol. The average molecular weight is 477 g/mol. The first-order valence-electron chi connectivity index (χ1n) is 11.8. The number of benzene rings is 2. The lowest BCUT2D eigenvalue weighted by molar-refractivity contribution is -0.155. The Morgan fingerprint density at radius 2 is 1.89 bits per heavy atom. The van der Waals surface area contributed by atoms with Gasteiger partial charge in [0.25, 0.3) is 0 Å². The molecule has 4 rings (SSSR count). The van der Waals surface area contributed by atoms with E-state index >= 15 is 0 Å². The molecule has 4 N–H and O–H groups in total. The van der Waals surface area contributed by atoms with E-state index in [2.05, 4.69) is 9.82 Å². The first kappa shape index (κ1) is 24.6. The van der Waals surface area contributed by atoms with Crippen molar-refractivity contribution >= 4 is 22.8 Å². The van der Waals surface area contributed by atoms with Crippen LogP contribution in [0.1, 0.15) is 43.5 Å². The highest BCUT2D eigenvalue weighted by Gasteiger charge is 2.48. The SMILES string of the molecule is Cc1cc(COc2ccc([C@]3(N)CCN([C@H](CC(C)C)C(=O)ON)C3=O)cc2)c2ccccc2n1. The number of likely N-dealkylation sites (tertiary alicyclic amines) is 1. The Labute approximate surface area is 205 Å². The predicted octanol–water partition coefficient (Wildman–Crippen LogP) is 3.34. The van der Waals surface area contributed by atoms with Gasteiger partial charge in [-0.2, -0.15) is 5.90 Å².